The van der Waals surface area contributed by atoms with Crippen molar-refractivity contribution in [2.75, 3.05) is 5.32 Å². The van der Waals surface area contributed by atoms with E-state index >= 15 is 0 Å². The largest absolute Gasteiger partial charge is 0.480 e. The lowest BCUT2D eigenvalue weighted by Crippen LogP contribution is -2.31. The van der Waals surface area contributed by atoms with Crippen LogP contribution in [0.1, 0.15) is 5.56 Å². The zero-order valence-corrected chi connectivity index (χ0v) is 11.9. The second kappa shape index (κ2) is 4.86. The maximum atomic E-state index is 12.3. The van der Waals surface area contributed by atoms with E-state index in [1.807, 2.05) is 42.5 Å². The predicted molar refractivity (Wildman–Crippen MR) is 82.8 cm³/mol. The summed E-state index contributed by atoms with van der Waals surface area (Å²) in [5, 5.41) is 2.92. The second-order valence-corrected chi connectivity index (χ2v) is 5.83. The van der Waals surface area contributed by atoms with Gasteiger partial charge in [-0.1, -0.05) is 18.2 Å². The smallest absolute Gasteiger partial charge is 0.265 e. The number of amides is 1. The van der Waals surface area contributed by atoms with Crippen molar-refractivity contribution in [2.24, 2.45) is 0 Å². The molecule has 0 aliphatic carbocycles. The molecule has 3 aromatic rings. The summed E-state index contributed by atoms with van der Waals surface area (Å²) in [4.78, 5) is 16.5. The number of carbonyl (C=O) groups excluding carboxylic acids is 1. The molecule has 5 heteroatoms. The summed E-state index contributed by atoms with van der Waals surface area (Å²) in [5.41, 5.74) is 4.60. The lowest BCUT2D eigenvalue weighted by atomic mass is 10.1. The Bertz CT molecular complexity index is 803. The number of thiazole rings is 1. The lowest BCUT2D eigenvalue weighted by Gasteiger charge is -2.11. The number of benzene rings is 2. The van der Waals surface area contributed by atoms with Crippen LogP contribution in [0.5, 0.6) is 5.75 Å². The van der Waals surface area contributed by atoms with Gasteiger partial charge in [0.15, 0.2) is 6.10 Å². The van der Waals surface area contributed by atoms with Crippen molar-refractivity contribution >= 4 is 33.1 Å². The molecule has 1 aliphatic heterocycles. The molecular weight excluding hydrogens is 284 g/mol. The highest BCUT2D eigenvalue weighted by molar-refractivity contribution is 7.16. The van der Waals surface area contributed by atoms with Crippen LogP contribution in [0.15, 0.2) is 48.0 Å². The fraction of sp³-hybridized carbons (Fsp3) is 0.125. The molecule has 1 atom stereocenters. The maximum absolute atomic E-state index is 12.3. The van der Waals surface area contributed by atoms with E-state index in [4.69, 9.17) is 4.74 Å². The van der Waals surface area contributed by atoms with Gasteiger partial charge in [0, 0.05) is 12.1 Å². The van der Waals surface area contributed by atoms with Crippen molar-refractivity contribution < 1.29 is 9.53 Å². The quantitative estimate of drug-likeness (QED) is 0.790. The minimum absolute atomic E-state index is 0.116. The van der Waals surface area contributed by atoms with Gasteiger partial charge in [0.05, 0.1) is 15.7 Å². The van der Waals surface area contributed by atoms with E-state index < -0.39 is 6.10 Å². The van der Waals surface area contributed by atoms with Crippen molar-refractivity contribution in [3.63, 3.8) is 0 Å². The molecule has 2 heterocycles. The number of fused-ring (bicyclic) bond motifs is 2. The number of para-hydroxylation sites is 1. The van der Waals surface area contributed by atoms with Gasteiger partial charge in [0.2, 0.25) is 0 Å². The second-order valence-electron chi connectivity index (χ2n) is 4.94. The Kier molecular flexibility index (Phi) is 2.86. The maximum Gasteiger partial charge on any atom is 0.265 e. The fourth-order valence-electron chi connectivity index (χ4n) is 2.48. The van der Waals surface area contributed by atoms with Gasteiger partial charge in [-0.05, 0) is 29.8 Å². The predicted octanol–water partition coefficient (Wildman–Crippen LogP) is 3.24. The number of anilines is 1. The van der Waals surface area contributed by atoms with Crippen molar-refractivity contribution in [2.45, 2.75) is 12.5 Å². The van der Waals surface area contributed by atoms with E-state index in [1.165, 1.54) is 0 Å². The minimum atomic E-state index is -0.459. The fourth-order valence-corrected chi connectivity index (χ4v) is 3.20. The highest BCUT2D eigenvalue weighted by atomic mass is 32.1. The van der Waals surface area contributed by atoms with Crippen LogP contribution in [0.2, 0.25) is 0 Å². The number of nitrogens with one attached hydrogen (secondary N) is 1. The van der Waals surface area contributed by atoms with E-state index in [9.17, 15) is 4.79 Å². The van der Waals surface area contributed by atoms with Gasteiger partial charge < -0.3 is 10.1 Å². The van der Waals surface area contributed by atoms with Crippen LogP contribution in [0, 0.1) is 0 Å². The average Bonchev–Trinajstić information content (AvgIpc) is 3.13. The molecule has 2 aromatic carbocycles. The number of ether oxygens (including phenoxy) is 1. The first kappa shape index (κ1) is 12.3. The molecule has 0 saturated heterocycles. The molecule has 0 saturated carbocycles. The van der Waals surface area contributed by atoms with Gasteiger partial charge in [-0.3, -0.25) is 4.79 Å². The van der Waals surface area contributed by atoms with E-state index in [2.05, 4.69) is 10.3 Å². The molecule has 21 heavy (non-hydrogen) atoms. The van der Waals surface area contributed by atoms with Crippen LogP contribution in [0.4, 0.5) is 5.69 Å². The summed E-state index contributed by atoms with van der Waals surface area (Å²) < 4.78 is 6.75. The van der Waals surface area contributed by atoms with Crippen LogP contribution in [-0.2, 0) is 11.2 Å². The molecule has 1 N–H and O–H groups in total. The van der Waals surface area contributed by atoms with Crippen LogP contribution in [0.25, 0.3) is 10.2 Å². The first-order valence-electron chi connectivity index (χ1n) is 6.68. The monoisotopic (exact) mass is 296 g/mol. The minimum Gasteiger partial charge on any atom is -0.480 e. The first-order valence-corrected chi connectivity index (χ1v) is 7.56. The molecule has 0 bridgehead atoms. The van der Waals surface area contributed by atoms with Gasteiger partial charge in [-0.15, -0.1) is 11.3 Å². The lowest BCUT2D eigenvalue weighted by molar-refractivity contribution is -0.122. The molecule has 1 aromatic heterocycles. The SMILES string of the molecule is O=C(Nc1ccc2ncsc2c1)C1Cc2ccccc2O1. The molecule has 0 spiro atoms. The van der Waals surface area contributed by atoms with Gasteiger partial charge >= 0.3 is 0 Å². The number of rotatable bonds is 2. The third-order valence-electron chi connectivity index (χ3n) is 3.54. The van der Waals surface area contributed by atoms with Crippen molar-refractivity contribution in [1.82, 2.24) is 4.98 Å². The van der Waals surface area contributed by atoms with E-state index in [0.717, 1.165) is 27.2 Å². The standard InChI is InChI=1S/C16H12N2O2S/c19-16(14-7-10-3-1-2-4-13(10)20-14)18-11-5-6-12-15(8-11)21-9-17-12/h1-6,8-9,14H,7H2,(H,18,19). The Labute approximate surface area is 125 Å². The number of nitrogens with zero attached hydrogens (tertiary/aromatic N) is 1. The highest BCUT2D eigenvalue weighted by Crippen LogP contribution is 2.29. The molecule has 4 nitrogen and oxygen atoms in total. The molecule has 0 fully saturated rings. The van der Waals surface area contributed by atoms with Crippen LogP contribution in [-0.4, -0.2) is 17.0 Å². The molecule has 4 rings (SSSR count). The summed E-state index contributed by atoms with van der Waals surface area (Å²) in [6.45, 7) is 0. The van der Waals surface area contributed by atoms with E-state index in [0.29, 0.717) is 6.42 Å². The Morgan fingerprint density at radius 3 is 3.10 bits per heavy atom. The number of carbonyl (C=O) groups is 1. The van der Waals surface area contributed by atoms with E-state index in [1.54, 1.807) is 16.8 Å². The molecule has 1 aliphatic rings. The Morgan fingerprint density at radius 2 is 2.19 bits per heavy atom. The van der Waals surface area contributed by atoms with Crippen LogP contribution < -0.4 is 10.1 Å². The summed E-state index contributed by atoms with van der Waals surface area (Å²) in [5.74, 6) is 0.686. The van der Waals surface area contributed by atoms with Gasteiger partial charge in [-0.2, -0.15) is 0 Å². The topological polar surface area (TPSA) is 51.2 Å². The summed E-state index contributed by atoms with van der Waals surface area (Å²) >= 11 is 1.56. The molecule has 1 amide bonds. The van der Waals surface area contributed by atoms with Crippen molar-refractivity contribution in [3.05, 3.63) is 53.5 Å². The first-order chi connectivity index (χ1) is 10.3. The van der Waals surface area contributed by atoms with Crippen molar-refractivity contribution in [3.8, 4) is 5.75 Å². The summed E-state index contributed by atoms with van der Waals surface area (Å²) in [6, 6.07) is 13.5. The number of aromatic nitrogens is 1. The third-order valence-corrected chi connectivity index (χ3v) is 4.33. The zero-order chi connectivity index (χ0) is 14.2. The number of hydrogen-bond donors (Lipinski definition) is 1. The van der Waals surface area contributed by atoms with E-state index in [-0.39, 0.29) is 5.91 Å². The van der Waals surface area contributed by atoms with Crippen LogP contribution >= 0.6 is 11.3 Å². The zero-order valence-electron chi connectivity index (χ0n) is 11.1. The Balaban J connectivity index is 1.51. The summed E-state index contributed by atoms with van der Waals surface area (Å²) in [6.07, 6.45) is 0.157. The normalized spacial score (nSPS) is 16.5. The van der Waals surface area contributed by atoms with Crippen LogP contribution in [0.3, 0.4) is 0 Å². The average molecular weight is 296 g/mol. The van der Waals surface area contributed by atoms with Gasteiger partial charge in [-0.25, -0.2) is 4.98 Å². The summed E-state index contributed by atoms with van der Waals surface area (Å²) in [7, 11) is 0. The number of hydrogen-bond acceptors (Lipinski definition) is 4. The molecule has 104 valence electrons. The molecule has 0 radical (unpaired) electrons. The third kappa shape index (κ3) is 2.25. The highest BCUT2D eigenvalue weighted by Gasteiger charge is 2.28. The Hall–Kier alpha value is -2.40. The van der Waals surface area contributed by atoms with Gasteiger partial charge in [0.1, 0.15) is 5.75 Å². The molecular formula is C16H12N2O2S. The van der Waals surface area contributed by atoms with Gasteiger partial charge in [0.25, 0.3) is 5.91 Å². The molecule has 1 unspecified atom stereocenters. The Morgan fingerprint density at radius 1 is 1.29 bits per heavy atom. The van der Waals surface area contributed by atoms with Crippen molar-refractivity contribution in [1.29, 1.82) is 0 Å².